The summed E-state index contributed by atoms with van der Waals surface area (Å²) in [5, 5.41) is 20.2. The van der Waals surface area contributed by atoms with Crippen molar-refractivity contribution in [2.75, 3.05) is 6.54 Å². The molecule has 1 aliphatic rings. The number of carbonyl (C=O) groups excluding carboxylic acids is 1. The summed E-state index contributed by atoms with van der Waals surface area (Å²) in [6.45, 7) is 0.628. The number of aromatic nitrogens is 4. The average molecular weight is 435 g/mol. The third-order valence-electron chi connectivity index (χ3n) is 4.41. The van der Waals surface area contributed by atoms with Crippen molar-refractivity contribution in [3.05, 3.63) is 38.8 Å². The molecule has 0 aliphatic heterocycles. The molecule has 9 nitrogen and oxygen atoms in total. The Balaban J connectivity index is 1.46. The molecule has 29 heavy (non-hydrogen) atoms. The highest BCUT2D eigenvalue weighted by atomic mass is 35.5. The first-order valence-electron chi connectivity index (χ1n) is 8.94. The number of alkyl halides is 3. The maximum absolute atomic E-state index is 13.0. The van der Waals surface area contributed by atoms with Gasteiger partial charge in [0.05, 0.1) is 34.6 Å². The predicted octanol–water partition coefficient (Wildman–Crippen LogP) is 3.13. The maximum Gasteiger partial charge on any atom is 0.436 e. The van der Waals surface area contributed by atoms with Crippen molar-refractivity contribution in [1.82, 2.24) is 24.9 Å². The van der Waals surface area contributed by atoms with Crippen molar-refractivity contribution in [3.8, 4) is 0 Å². The molecule has 13 heteroatoms. The molecule has 158 valence electrons. The molecule has 1 saturated carbocycles. The first kappa shape index (κ1) is 21.1. The fourth-order valence-electron chi connectivity index (χ4n) is 2.89. The molecular weight excluding hydrogens is 417 g/mol. The minimum absolute atomic E-state index is 0.00109. The molecular formula is C16H18ClF3N6O3. The van der Waals surface area contributed by atoms with Crippen LogP contribution in [-0.4, -0.2) is 36.9 Å². The molecule has 0 radical (unpaired) electrons. The summed E-state index contributed by atoms with van der Waals surface area (Å²) in [6, 6.07) is 1.24. The number of nitrogens with zero attached hydrogens (tertiary/aromatic N) is 5. The van der Waals surface area contributed by atoms with E-state index >= 15 is 0 Å². The second-order valence-electron chi connectivity index (χ2n) is 6.69. The van der Waals surface area contributed by atoms with Crippen molar-refractivity contribution < 1.29 is 22.9 Å². The quantitative estimate of drug-likeness (QED) is 0.370. The zero-order valence-corrected chi connectivity index (χ0v) is 15.9. The SMILES string of the molecule is O=C(CCn1ccc([N+](=O)[O-])n1)NCCCn1nc(C(F)(F)F)c(Cl)c1C1CC1. The molecule has 1 amide bonds. The summed E-state index contributed by atoms with van der Waals surface area (Å²) in [6.07, 6.45) is -1.19. The number of carbonyl (C=O) groups is 1. The van der Waals surface area contributed by atoms with E-state index < -0.39 is 16.8 Å². The van der Waals surface area contributed by atoms with Gasteiger partial charge in [0, 0.05) is 25.4 Å². The van der Waals surface area contributed by atoms with Crippen molar-refractivity contribution in [2.24, 2.45) is 0 Å². The number of hydrogen-bond acceptors (Lipinski definition) is 5. The van der Waals surface area contributed by atoms with Crippen molar-refractivity contribution in [2.45, 2.75) is 50.9 Å². The highest BCUT2D eigenvalue weighted by Crippen LogP contribution is 2.46. The fourth-order valence-corrected chi connectivity index (χ4v) is 3.28. The lowest BCUT2D eigenvalue weighted by atomic mass is 10.2. The van der Waals surface area contributed by atoms with Gasteiger partial charge in [0.2, 0.25) is 5.91 Å². The highest BCUT2D eigenvalue weighted by molar-refractivity contribution is 6.32. The molecule has 2 aromatic rings. The van der Waals surface area contributed by atoms with Gasteiger partial charge in [-0.2, -0.15) is 23.0 Å². The minimum Gasteiger partial charge on any atom is -0.358 e. The van der Waals surface area contributed by atoms with Gasteiger partial charge in [-0.05, 0) is 24.2 Å². The third-order valence-corrected chi connectivity index (χ3v) is 4.79. The second-order valence-corrected chi connectivity index (χ2v) is 7.07. The Hall–Kier alpha value is -2.63. The molecule has 0 spiro atoms. The Kier molecular flexibility index (Phi) is 6.10. The Bertz CT molecular complexity index is 906. The lowest BCUT2D eigenvalue weighted by molar-refractivity contribution is -0.389. The lowest BCUT2D eigenvalue weighted by Gasteiger charge is -2.08. The van der Waals surface area contributed by atoms with Gasteiger partial charge in [0.15, 0.2) is 5.69 Å². The van der Waals surface area contributed by atoms with Gasteiger partial charge in [-0.15, -0.1) is 0 Å². The van der Waals surface area contributed by atoms with Gasteiger partial charge in [-0.3, -0.25) is 9.48 Å². The monoisotopic (exact) mass is 434 g/mol. The van der Waals surface area contributed by atoms with E-state index in [2.05, 4.69) is 15.5 Å². The fraction of sp³-hybridized carbons (Fsp3) is 0.562. The van der Waals surface area contributed by atoms with Crippen LogP contribution < -0.4 is 5.32 Å². The van der Waals surface area contributed by atoms with Gasteiger partial charge in [0.25, 0.3) is 0 Å². The Morgan fingerprint density at radius 2 is 2.07 bits per heavy atom. The second kappa shape index (κ2) is 8.39. The summed E-state index contributed by atoms with van der Waals surface area (Å²) >= 11 is 5.91. The van der Waals surface area contributed by atoms with Gasteiger partial charge < -0.3 is 15.4 Å². The van der Waals surface area contributed by atoms with Gasteiger partial charge in [-0.1, -0.05) is 11.6 Å². The smallest absolute Gasteiger partial charge is 0.358 e. The van der Waals surface area contributed by atoms with Crippen LogP contribution in [0.25, 0.3) is 0 Å². The summed E-state index contributed by atoms with van der Waals surface area (Å²) in [7, 11) is 0. The lowest BCUT2D eigenvalue weighted by Crippen LogP contribution is -2.26. The number of nitro groups is 1. The van der Waals surface area contributed by atoms with E-state index in [1.807, 2.05) is 0 Å². The number of rotatable bonds is 9. The van der Waals surface area contributed by atoms with Gasteiger partial charge in [-0.25, -0.2) is 0 Å². The van der Waals surface area contributed by atoms with E-state index in [1.54, 1.807) is 0 Å². The van der Waals surface area contributed by atoms with E-state index in [0.29, 0.717) is 12.1 Å². The van der Waals surface area contributed by atoms with Crippen LogP contribution in [0.5, 0.6) is 0 Å². The van der Waals surface area contributed by atoms with Crippen LogP contribution in [-0.2, 0) is 24.1 Å². The largest absolute Gasteiger partial charge is 0.436 e. The van der Waals surface area contributed by atoms with Crippen LogP contribution in [0, 0.1) is 10.1 Å². The highest BCUT2D eigenvalue weighted by Gasteiger charge is 2.41. The van der Waals surface area contributed by atoms with Crippen LogP contribution >= 0.6 is 11.6 Å². The van der Waals surface area contributed by atoms with E-state index in [9.17, 15) is 28.1 Å². The Morgan fingerprint density at radius 1 is 1.34 bits per heavy atom. The minimum atomic E-state index is -4.61. The first-order valence-corrected chi connectivity index (χ1v) is 9.32. The number of amides is 1. The number of hydrogen-bond donors (Lipinski definition) is 1. The normalized spacial score (nSPS) is 14.2. The zero-order chi connectivity index (χ0) is 21.2. The van der Waals surface area contributed by atoms with Gasteiger partial charge in [0.1, 0.15) is 0 Å². The molecule has 1 fully saturated rings. The molecule has 0 aromatic carbocycles. The molecule has 0 atom stereocenters. The summed E-state index contributed by atoms with van der Waals surface area (Å²) in [5.41, 5.74) is -0.663. The number of halogens is 4. The maximum atomic E-state index is 13.0. The molecule has 3 rings (SSSR count). The van der Waals surface area contributed by atoms with E-state index in [0.717, 1.165) is 12.8 Å². The van der Waals surface area contributed by atoms with Crippen LogP contribution in [0.3, 0.4) is 0 Å². The van der Waals surface area contributed by atoms with Crippen LogP contribution in [0.1, 0.15) is 43.0 Å². The van der Waals surface area contributed by atoms with E-state index in [1.165, 1.54) is 21.6 Å². The topological polar surface area (TPSA) is 108 Å². The van der Waals surface area contributed by atoms with Gasteiger partial charge >= 0.3 is 12.0 Å². The van der Waals surface area contributed by atoms with Crippen LogP contribution in [0.2, 0.25) is 5.02 Å². The third kappa shape index (κ3) is 5.25. The molecule has 0 bridgehead atoms. The van der Waals surface area contributed by atoms with Crippen molar-refractivity contribution in [1.29, 1.82) is 0 Å². The Labute approximate surface area is 168 Å². The molecule has 2 aromatic heterocycles. The van der Waals surface area contributed by atoms with Crippen molar-refractivity contribution in [3.63, 3.8) is 0 Å². The van der Waals surface area contributed by atoms with E-state index in [-0.39, 0.29) is 48.7 Å². The molecule has 1 aliphatic carbocycles. The Morgan fingerprint density at radius 3 is 2.66 bits per heavy atom. The van der Waals surface area contributed by atoms with Crippen molar-refractivity contribution >= 4 is 23.3 Å². The molecule has 1 N–H and O–H groups in total. The summed E-state index contributed by atoms with van der Waals surface area (Å²) < 4.78 is 41.7. The molecule has 2 heterocycles. The van der Waals surface area contributed by atoms with E-state index in [4.69, 9.17) is 11.6 Å². The number of aryl methyl sites for hydroxylation is 2. The van der Waals surface area contributed by atoms with Crippen LogP contribution in [0.4, 0.5) is 19.0 Å². The standard InChI is InChI=1S/C16H18ClF3N6O3/c17-13-14(10-2-3-10)25(23-15(13)16(18,19)20)7-1-6-21-12(27)5-9-24-8-4-11(22-24)26(28)29/h4,8,10H,1-3,5-7,9H2,(H,21,27). The molecule has 0 saturated heterocycles. The summed E-state index contributed by atoms with van der Waals surface area (Å²) in [5.74, 6) is -0.591. The zero-order valence-electron chi connectivity index (χ0n) is 15.2. The first-order chi connectivity index (χ1) is 13.7. The summed E-state index contributed by atoms with van der Waals surface area (Å²) in [4.78, 5) is 21.8. The average Bonchev–Trinajstić information content (AvgIpc) is 3.24. The number of nitrogens with one attached hydrogen (secondary N) is 1. The predicted molar refractivity (Wildman–Crippen MR) is 95.3 cm³/mol. The molecule has 0 unspecified atom stereocenters. The van der Waals surface area contributed by atoms with Crippen LogP contribution in [0.15, 0.2) is 12.3 Å².